The van der Waals surface area contributed by atoms with Crippen LogP contribution < -0.4 is 10.1 Å². The van der Waals surface area contributed by atoms with Crippen LogP contribution in [0, 0.1) is 19.8 Å². The highest BCUT2D eigenvalue weighted by Crippen LogP contribution is 2.30. The zero-order valence-electron chi connectivity index (χ0n) is 17.9. The SMILES string of the molecule is Cc1cnc(C(C)NC(=O)c2cc(OC[C@@H]3CCOC3)cc(-c3ncc(C)s3)c2)cn1. The number of carbonyl (C=O) groups is 1. The summed E-state index contributed by atoms with van der Waals surface area (Å²) >= 11 is 1.59. The molecule has 1 aliphatic rings. The maximum Gasteiger partial charge on any atom is 0.251 e. The Hall–Kier alpha value is -2.84. The van der Waals surface area contributed by atoms with E-state index in [0.29, 0.717) is 36.1 Å². The van der Waals surface area contributed by atoms with E-state index in [1.54, 1.807) is 29.8 Å². The molecule has 1 amide bonds. The fraction of sp³-hybridized carbons (Fsp3) is 0.391. The minimum absolute atomic E-state index is 0.195. The third kappa shape index (κ3) is 5.45. The number of nitrogens with one attached hydrogen (secondary N) is 1. The minimum Gasteiger partial charge on any atom is -0.493 e. The van der Waals surface area contributed by atoms with Gasteiger partial charge in [-0.3, -0.25) is 14.8 Å². The standard InChI is InChI=1S/C23H26N4O3S/c1-14-9-25-21(11-24-14)16(3)27-22(28)18-6-19(23-26-10-15(2)31-23)8-20(7-18)30-13-17-4-5-29-12-17/h6-11,16-17H,4-5,12-13H2,1-3H3,(H,27,28)/t16?,17-/m1/s1. The summed E-state index contributed by atoms with van der Waals surface area (Å²) in [6.07, 6.45) is 6.21. The third-order valence-corrected chi connectivity index (χ3v) is 6.10. The van der Waals surface area contributed by atoms with Crippen LogP contribution in [0.25, 0.3) is 10.6 Å². The van der Waals surface area contributed by atoms with Crippen LogP contribution in [0.3, 0.4) is 0 Å². The normalized spacial score (nSPS) is 16.8. The van der Waals surface area contributed by atoms with Gasteiger partial charge in [0.05, 0.1) is 36.8 Å². The topological polar surface area (TPSA) is 86.2 Å². The molecule has 1 aliphatic heterocycles. The van der Waals surface area contributed by atoms with Crippen LogP contribution >= 0.6 is 11.3 Å². The number of nitrogens with zero attached hydrogens (tertiary/aromatic N) is 3. The van der Waals surface area contributed by atoms with Crippen molar-refractivity contribution in [1.29, 1.82) is 0 Å². The summed E-state index contributed by atoms with van der Waals surface area (Å²) in [6, 6.07) is 5.31. The van der Waals surface area contributed by atoms with Crippen molar-refractivity contribution in [2.45, 2.75) is 33.2 Å². The van der Waals surface area contributed by atoms with Crippen LogP contribution in [-0.4, -0.2) is 40.7 Å². The number of hydrogen-bond acceptors (Lipinski definition) is 7. The van der Waals surface area contributed by atoms with Gasteiger partial charge in [-0.15, -0.1) is 11.3 Å². The Labute approximate surface area is 185 Å². The van der Waals surface area contributed by atoms with Gasteiger partial charge in [0.15, 0.2) is 0 Å². The first-order valence-corrected chi connectivity index (χ1v) is 11.2. The first-order valence-electron chi connectivity index (χ1n) is 10.4. The highest BCUT2D eigenvalue weighted by molar-refractivity contribution is 7.14. The van der Waals surface area contributed by atoms with E-state index in [-0.39, 0.29) is 11.9 Å². The van der Waals surface area contributed by atoms with Gasteiger partial charge in [-0.2, -0.15) is 0 Å². The number of ether oxygens (including phenoxy) is 2. The van der Waals surface area contributed by atoms with E-state index in [9.17, 15) is 4.79 Å². The van der Waals surface area contributed by atoms with Crippen molar-refractivity contribution in [3.63, 3.8) is 0 Å². The number of carbonyl (C=O) groups excluding carboxylic acids is 1. The van der Waals surface area contributed by atoms with Gasteiger partial charge in [-0.25, -0.2) is 4.98 Å². The second-order valence-corrected chi connectivity index (χ2v) is 9.08. The number of aromatic nitrogens is 3. The first-order chi connectivity index (χ1) is 15.0. The summed E-state index contributed by atoms with van der Waals surface area (Å²) in [5.74, 6) is 0.840. The fourth-order valence-corrected chi connectivity index (χ4v) is 4.09. The molecule has 1 fully saturated rings. The Kier molecular flexibility index (Phi) is 6.58. The van der Waals surface area contributed by atoms with Gasteiger partial charge in [-0.05, 0) is 45.4 Å². The van der Waals surface area contributed by atoms with Crippen molar-refractivity contribution in [1.82, 2.24) is 20.3 Å². The quantitative estimate of drug-likeness (QED) is 0.597. The van der Waals surface area contributed by atoms with Gasteiger partial charge in [0.2, 0.25) is 0 Å². The van der Waals surface area contributed by atoms with Crippen molar-refractivity contribution in [3.8, 4) is 16.3 Å². The highest BCUT2D eigenvalue weighted by atomic mass is 32.1. The summed E-state index contributed by atoms with van der Waals surface area (Å²) in [5, 5.41) is 3.87. The molecule has 8 heteroatoms. The van der Waals surface area contributed by atoms with Crippen LogP contribution in [0.5, 0.6) is 5.75 Å². The predicted octanol–water partition coefficient (Wildman–Crippen LogP) is 4.12. The van der Waals surface area contributed by atoms with Crippen molar-refractivity contribution in [2.75, 3.05) is 19.8 Å². The maximum absolute atomic E-state index is 13.0. The summed E-state index contributed by atoms with van der Waals surface area (Å²) in [4.78, 5) is 27.3. The van der Waals surface area contributed by atoms with Crippen LogP contribution in [0.15, 0.2) is 36.8 Å². The molecule has 3 aromatic rings. The lowest BCUT2D eigenvalue weighted by Crippen LogP contribution is -2.27. The molecule has 31 heavy (non-hydrogen) atoms. The lowest BCUT2D eigenvalue weighted by atomic mass is 10.1. The molecule has 0 saturated carbocycles. The van der Waals surface area contributed by atoms with Crippen LogP contribution in [0.2, 0.25) is 0 Å². The van der Waals surface area contributed by atoms with Gasteiger partial charge in [0.25, 0.3) is 5.91 Å². The average molecular weight is 439 g/mol. The molecule has 3 heterocycles. The molecular formula is C23H26N4O3S. The molecule has 2 atom stereocenters. The molecule has 0 bridgehead atoms. The predicted molar refractivity (Wildman–Crippen MR) is 119 cm³/mol. The van der Waals surface area contributed by atoms with Gasteiger partial charge in [0.1, 0.15) is 10.8 Å². The Balaban J connectivity index is 1.56. The molecule has 1 aromatic carbocycles. The van der Waals surface area contributed by atoms with E-state index in [0.717, 1.165) is 34.2 Å². The van der Waals surface area contributed by atoms with Crippen molar-refractivity contribution >= 4 is 17.2 Å². The molecule has 0 aliphatic carbocycles. The van der Waals surface area contributed by atoms with Gasteiger partial charge in [-0.1, -0.05) is 0 Å². The number of amides is 1. The Bertz CT molecular complexity index is 1050. The van der Waals surface area contributed by atoms with Crippen LogP contribution in [0.1, 0.15) is 46.0 Å². The lowest BCUT2D eigenvalue weighted by molar-refractivity contribution is 0.0938. The Morgan fingerprint density at radius 1 is 1.23 bits per heavy atom. The minimum atomic E-state index is -0.272. The fourth-order valence-electron chi connectivity index (χ4n) is 3.33. The van der Waals surface area contributed by atoms with Gasteiger partial charge >= 0.3 is 0 Å². The molecule has 0 spiro atoms. The summed E-state index contributed by atoms with van der Waals surface area (Å²) in [5.41, 5.74) is 2.94. The van der Waals surface area contributed by atoms with Gasteiger partial charge in [0, 0.05) is 40.9 Å². The van der Waals surface area contributed by atoms with E-state index in [4.69, 9.17) is 9.47 Å². The summed E-state index contributed by atoms with van der Waals surface area (Å²) < 4.78 is 11.5. The van der Waals surface area contributed by atoms with Crippen molar-refractivity contribution in [2.24, 2.45) is 5.92 Å². The Morgan fingerprint density at radius 3 is 2.77 bits per heavy atom. The van der Waals surface area contributed by atoms with E-state index >= 15 is 0 Å². The summed E-state index contributed by atoms with van der Waals surface area (Å²) in [7, 11) is 0. The third-order valence-electron chi connectivity index (χ3n) is 5.14. The lowest BCUT2D eigenvalue weighted by Gasteiger charge is -2.15. The first kappa shape index (κ1) is 21.4. The highest BCUT2D eigenvalue weighted by Gasteiger charge is 2.19. The molecular weight excluding hydrogens is 412 g/mol. The van der Waals surface area contributed by atoms with E-state index < -0.39 is 0 Å². The van der Waals surface area contributed by atoms with Crippen LogP contribution in [0.4, 0.5) is 0 Å². The molecule has 162 valence electrons. The molecule has 1 unspecified atom stereocenters. The number of hydrogen-bond donors (Lipinski definition) is 1. The number of benzene rings is 1. The molecule has 0 radical (unpaired) electrons. The zero-order chi connectivity index (χ0) is 21.8. The second kappa shape index (κ2) is 9.53. The largest absolute Gasteiger partial charge is 0.493 e. The molecule has 2 aromatic heterocycles. The average Bonchev–Trinajstić information content (AvgIpc) is 3.44. The Morgan fingerprint density at radius 2 is 2.10 bits per heavy atom. The molecule has 4 rings (SSSR count). The smallest absolute Gasteiger partial charge is 0.251 e. The molecule has 1 N–H and O–H groups in total. The number of aryl methyl sites for hydroxylation is 2. The van der Waals surface area contributed by atoms with E-state index in [1.807, 2.05) is 39.1 Å². The van der Waals surface area contributed by atoms with Gasteiger partial charge < -0.3 is 14.8 Å². The number of rotatable bonds is 7. The maximum atomic E-state index is 13.0. The van der Waals surface area contributed by atoms with Crippen LogP contribution in [-0.2, 0) is 4.74 Å². The van der Waals surface area contributed by atoms with Crippen molar-refractivity contribution < 1.29 is 14.3 Å². The monoisotopic (exact) mass is 438 g/mol. The number of thiazole rings is 1. The van der Waals surface area contributed by atoms with Crippen molar-refractivity contribution in [3.05, 3.63) is 58.6 Å². The zero-order valence-corrected chi connectivity index (χ0v) is 18.7. The van der Waals surface area contributed by atoms with E-state index in [2.05, 4.69) is 20.3 Å². The molecule has 7 nitrogen and oxygen atoms in total. The van der Waals surface area contributed by atoms with E-state index in [1.165, 1.54) is 0 Å². The second-order valence-electron chi connectivity index (χ2n) is 7.84. The molecule has 1 saturated heterocycles. The summed E-state index contributed by atoms with van der Waals surface area (Å²) in [6.45, 7) is 7.85.